The van der Waals surface area contributed by atoms with Crippen molar-refractivity contribution in [1.82, 2.24) is 9.80 Å². The van der Waals surface area contributed by atoms with Gasteiger partial charge in [-0.2, -0.15) is 52.4 Å². The standard InChI is InChI=1S/C72H109F9N2O8S4.2Y/c1-66(2,70(73,74)75)88-44-36-82(6)34-42-86-64-28-26-62-60-22-18-52-50-54(20-24-56(52)58(60)30-32-67(62,64)3)84-38-16-48-94-92-46-14-10-8-12-40-90-91-41-13-9-11-15-47-93-95-49-17-39-85-55-21-25-57-53(51-55)19-23-61-59(57)31-33-68(4)63(61)27-29-65(68)87-43-35-83(7)37-45-89-69(5,71(76,77)78)72(79,80)81;;/h12-13,20-21,24-25,50-51,58-65H,8-11,14-19,22-23,26-49H2,1-7H3;;/q-2;;. The summed E-state index contributed by atoms with van der Waals surface area (Å²) in [7, 11) is 11.3. The fourth-order valence-electron chi connectivity index (χ4n) is 16.1. The predicted octanol–water partition coefficient (Wildman–Crippen LogP) is 19.0. The van der Waals surface area contributed by atoms with Crippen molar-refractivity contribution >= 4 is 43.2 Å². The Morgan fingerprint density at radius 2 is 0.887 bits per heavy atom. The zero-order chi connectivity index (χ0) is 68.3. The summed E-state index contributed by atoms with van der Waals surface area (Å²) in [4.78, 5) is 14.4. The molecular weight excluding hydrogens is 1500 g/mol. The molecule has 2 aromatic rings. The normalized spacial score (nSPS) is 25.6. The molecule has 0 aliphatic heterocycles. The van der Waals surface area contributed by atoms with Gasteiger partial charge in [0.05, 0.1) is 51.8 Å². The van der Waals surface area contributed by atoms with Crippen LogP contribution in [0, 0.1) is 47.3 Å². The van der Waals surface area contributed by atoms with E-state index in [0.29, 0.717) is 88.2 Å². The summed E-state index contributed by atoms with van der Waals surface area (Å²) in [6, 6.07) is 13.6. The van der Waals surface area contributed by atoms with Crippen molar-refractivity contribution in [3.8, 4) is 11.5 Å². The van der Waals surface area contributed by atoms with Gasteiger partial charge in [0.2, 0.25) is 0 Å². The van der Waals surface area contributed by atoms with Gasteiger partial charge in [-0.25, -0.2) is 0 Å². The second kappa shape index (κ2) is 41.2. The third-order valence-corrected chi connectivity index (χ3v) is 27.2. The molecule has 0 aromatic heterocycles. The van der Waals surface area contributed by atoms with Crippen LogP contribution in [0.25, 0.3) is 0 Å². The summed E-state index contributed by atoms with van der Waals surface area (Å²) in [5.74, 6) is 9.86. The Balaban J connectivity index is 0.00000743. The SMILES string of the molecule is CN(CCOC1CCC2C3CCc4cc(OCCCSSCCCC[CH-]COOC[CH-]CCCCSSCCCOc5ccc6c(c5)CCC5C6CCC6(C)C(OCCN(C)CCOC(C)(C(F)(F)F)C(F)(F)F)CCC56)ccc4C3CCC12C)CCOC(C)(C)C(F)(F)F.[Y].[Y]. The summed E-state index contributed by atoms with van der Waals surface area (Å²) in [6.45, 7) is 11.1. The number of hydrogen-bond acceptors (Lipinski definition) is 14. The minimum Gasteiger partial charge on any atom is -0.494 e. The van der Waals surface area contributed by atoms with Gasteiger partial charge in [0.1, 0.15) is 11.5 Å². The van der Waals surface area contributed by atoms with Crippen LogP contribution < -0.4 is 9.47 Å². The summed E-state index contributed by atoms with van der Waals surface area (Å²) < 4.78 is 154. The maximum Gasteiger partial charge on any atom is 0.426 e. The van der Waals surface area contributed by atoms with Crippen molar-refractivity contribution < 1.29 is 143 Å². The number of aryl methyl sites for hydroxylation is 2. The first kappa shape index (κ1) is 86.6. The Hall–Kier alpha value is 0.698. The average Bonchev–Trinajstić information content (AvgIpc) is 1.66. The van der Waals surface area contributed by atoms with Gasteiger partial charge in [0, 0.05) is 115 Å². The third kappa shape index (κ3) is 24.4. The number of alkyl halides is 9. The van der Waals surface area contributed by atoms with Crippen LogP contribution in [0.15, 0.2) is 36.4 Å². The minimum absolute atomic E-state index is 0. The molecule has 8 rings (SSSR count). The van der Waals surface area contributed by atoms with E-state index in [4.69, 9.17) is 33.5 Å². The van der Waals surface area contributed by atoms with Crippen molar-refractivity contribution in [3.63, 3.8) is 0 Å². The molecule has 25 heteroatoms. The molecule has 2 radical (unpaired) electrons. The molecule has 0 N–H and O–H groups in total. The Kier molecular flexibility index (Phi) is 36.7. The van der Waals surface area contributed by atoms with E-state index in [0.717, 1.165) is 158 Å². The van der Waals surface area contributed by atoms with Crippen molar-refractivity contribution in [2.75, 3.05) is 116 Å². The molecule has 4 saturated carbocycles. The number of nitrogens with zero attached hydrogens (tertiary/aromatic N) is 2. The molecular formula is C72H109F9N2O8S4Y2-2. The molecule has 10 nitrogen and oxygen atoms in total. The second-order valence-electron chi connectivity index (χ2n) is 28.7. The van der Waals surface area contributed by atoms with Crippen LogP contribution in [-0.2, 0) is 107 Å². The van der Waals surface area contributed by atoms with Gasteiger partial charge >= 0.3 is 18.5 Å². The van der Waals surface area contributed by atoms with E-state index in [1.807, 2.05) is 55.1 Å². The zero-order valence-corrected chi connectivity index (χ0v) is 67.5. The molecule has 0 saturated heterocycles. The molecule has 10 atom stereocenters. The van der Waals surface area contributed by atoms with E-state index in [2.05, 4.69) is 67.8 Å². The Labute approximate surface area is 640 Å². The van der Waals surface area contributed by atoms with Crippen LogP contribution in [0.1, 0.15) is 184 Å². The summed E-state index contributed by atoms with van der Waals surface area (Å²) in [5.41, 5.74) is -0.320. The fraction of sp³-hybridized carbons (Fsp3) is 0.806. The molecule has 97 heavy (non-hydrogen) atoms. The van der Waals surface area contributed by atoms with Gasteiger partial charge in [-0.15, -0.1) is 0 Å². The van der Waals surface area contributed by atoms with Crippen LogP contribution in [0.3, 0.4) is 0 Å². The van der Waals surface area contributed by atoms with Crippen LogP contribution in [0.2, 0.25) is 0 Å². The summed E-state index contributed by atoms with van der Waals surface area (Å²) in [5, 5.41) is 0. The van der Waals surface area contributed by atoms with Gasteiger partial charge < -0.3 is 51.1 Å². The first-order valence-corrected chi connectivity index (χ1v) is 40.2. The van der Waals surface area contributed by atoms with E-state index in [1.54, 1.807) is 11.9 Å². The molecule has 550 valence electrons. The summed E-state index contributed by atoms with van der Waals surface area (Å²) >= 11 is 0. The van der Waals surface area contributed by atoms with Crippen molar-refractivity contribution in [1.29, 1.82) is 0 Å². The van der Waals surface area contributed by atoms with E-state index < -0.39 is 36.3 Å². The van der Waals surface area contributed by atoms with Gasteiger partial charge in [0.15, 0.2) is 5.60 Å². The van der Waals surface area contributed by atoms with E-state index in [1.165, 1.54) is 47.9 Å². The van der Waals surface area contributed by atoms with Crippen LogP contribution in [0.5, 0.6) is 11.5 Å². The van der Waals surface area contributed by atoms with Crippen LogP contribution in [0.4, 0.5) is 39.5 Å². The van der Waals surface area contributed by atoms with Crippen molar-refractivity contribution in [2.45, 2.75) is 217 Å². The number of benzene rings is 2. The fourth-order valence-corrected chi connectivity index (χ4v) is 20.5. The number of likely N-dealkylation sites (N-methyl/N-ethyl adjacent to an activating group) is 2. The smallest absolute Gasteiger partial charge is 0.426 e. The maximum absolute atomic E-state index is 13.2. The first-order valence-electron chi connectivity index (χ1n) is 35.2. The molecule has 0 spiro atoms. The molecule has 0 amide bonds. The van der Waals surface area contributed by atoms with Gasteiger partial charge in [-0.1, -0.05) is 82.0 Å². The van der Waals surface area contributed by atoms with Crippen molar-refractivity contribution in [3.05, 3.63) is 71.5 Å². The largest absolute Gasteiger partial charge is 0.494 e. The van der Waals surface area contributed by atoms with E-state index in [-0.39, 0.29) is 109 Å². The Morgan fingerprint density at radius 3 is 1.30 bits per heavy atom. The Bertz CT molecular complexity index is 2590. The number of unbranched alkanes of at least 4 members (excludes halogenated alkanes) is 6. The Morgan fingerprint density at radius 1 is 0.485 bits per heavy atom. The zero-order valence-electron chi connectivity index (χ0n) is 58.5. The predicted molar refractivity (Wildman–Crippen MR) is 367 cm³/mol. The second-order valence-corrected chi connectivity index (χ2v) is 34.1. The molecule has 4 fully saturated rings. The first-order chi connectivity index (χ1) is 45.3. The monoisotopic (exact) mass is 1610 g/mol. The number of halogens is 9. The number of fused-ring (bicyclic) bond motifs is 10. The third-order valence-electron chi connectivity index (χ3n) is 22.0. The molecule has 0 bridgehead atoms. The number of rotatable bonds is 43. The average molecular weight is 1610 g/mol. The molecule has 6 aliphatic carbocycles. The van der Waals surface area contributed by atoms with Crippen LogP contribution >= 0.6 is 43.2 Å². The summed E-state index contributed by atoms with van der Waals surface area (Å²) in [6.07, 6.45) is 11.0. The molecule has 0 heterocycles. The topological polar surface area (TPSA) is 80.3 Å². The van der Waals surface area contributed by atoms with Crippen LogP contribution in [-0.4, -0.2) is 168 Å². The van der Waals surface area contributed by atoms with E-state index in [9.17, 15) is 39.5 Å². The molecule has 10 unspecified atom stereocenters. The van der Waals surface area contributed by atoms with Gasteiger partial charge in [-0.05, 0) is 244 Å². The number of ether oxygens (including phenoxy) is 6. The van der Waals surface area contributed by atoms with Gasteiger partial charge in [-0.3, -0.25) is 9.78 Å². The van der Waals surface area contributed by atoms with Crippen molar-refractivity contribution in [2.24, 2.45) is 34.5 Å². The number of hydrogen-bond donors (Lipinski definition) is 0. The minimum atomic E-state index is -5.57. The van der Waals surface area contributed by atoms with E-state index >= 15 is 0 Å². The maximum atomic E-state index is 13.2. The quantitative estimate of drug-likeness (QED) is 0.0158. The molecule has 6 aliphatic rings. The van der Waals surface area contributed by atoms with Gasteiger partial charge in [0.25, 0.3) is 5.60 Å². The molecule has 2 aromatic carbocycles.